The van der Waals surface area contributed by atoms with Crippen molar-refractivity contribution in [1.82, 2.24) is 15.2 Å². The highest BCUT2D eigenvalue weighted by molar-refractivity contribution is 6.32. The Morgan fingerprint density at radius 3 is 2.74 bits per heavy atom. The minimum atomic E-state index is 0.377. The maximum atomic E-state index is 6.13. The molecular weight excluding hydrogens is 366 g/mol. The largest absolute Gasteiger partial charge is 0.497 e. The lowest BCUT2D eigenvalue weighted by atomic mass is 10.1. The predicted molar refractivity (Wildman–Crippen MR) is 106 cm³/mol. The van der Waals surface area contributed by atoms with Gasteiger partial charge in [-0.05, 0) is 42.3 Å². The summed E-state index contributed by atoms with van der Waals surface area (Å²) in [6.07, 6.45) is 2.41. The summed E-state index contributed by atoms with van der Waals surface area (Å²) in [5.41, 5.74) is 1.92. The van der Waals surface area contributed by atoms with Crippen molar-refractivity contribution in [1.29, 1.82) is 0 Å². The molecule has 0 spiro atoms. The van der Waals surface area contributed by atoms with Crippen molar-refractivity contribution in [2.24, 2.45) is 0 Å². The van der Waals surface area contributed by atoms with E-state index in [-0.39, 0.29) is 0 Å². The molecule has 7 nitrogen and oxygen atoms in total. The van der Waals surface area contributed by atoms with Crippen molar-refractivity contribution in [2.45, 2.75) is 6.42 Å². The number of benzene rings is 2. The van der Waals surface area contributed by atoms with Crippen LogP contribution in [0.15, 0.2) is 48.7 Å². The molecule has 140 valence electrons. The summed E-state index contributed by atoms with van der Waals surface area (Å²) in [5.74, 6) is 2.47. The van der Waals surface area contributed by atoms with Crippen LogP contribution in [-0.2, 0) is 6.42 Å². The summed E-state index contributed by atoms with van der Waals surface area (Å²) in [6.45, 7) is 0.708. The van der Waals surface area contributed by atoms with E-state index < -0.39 is 0 Å². The molecule has 8 heteroatoms. The van der Waals surface area contributed by atoms with E-state index in [1.165, 1.54) is 5.56 Å². The van der Waals surface area contributed by atoms with Crippen LogP contribution >= 0.6 is 11.6 Å². The normalized spacial score (nSPS) is 10.3. The van der Waals surface area contributed by atoms with Gasteiger partial charge in [-0.3, -0.25) is 0 Å². The summed E-state index contributed by atoms with van der Waals surface area (Å²) in [7, 11) is 3.23. The van der Waals surface area contributed by atoms with Crippen molar-refractivity contribution in [2.75, 3.05) is 31.4 Å². The van der Waals surface area contributed by atoms with Crippen LogP contribution in [0.2, 0.25) is 5.02 Å². The Morgan fingerprint density at radius 1 is 1.07 bits per heavy atom. The molecule has 1 heterocycles. The summed E-state index contributed by atoms with van der Waals surface area (Å²) in [6, 6.07) is 13.3. The van der Waals surface area contributed by atoms with Gasteiger partial charge >= 0.3 is 0 Å². The van der Waals surface area contributed by atoms with Crippen molar-refractivity contribution in [3.8, 4) is 11.5 Å². The highest BCUT2D eigenvalue weighted by atomic mass is 35.5. The van der Waals surface area contributed by atoms with Crippen molar-refractivity contribution in [3.63, 3.8) is 0 Å². The van der Waals surface area contributed by atoms with Gasteiger partial charge in [0.2, 0.25) is 5.95 Å². The Bertz CT molecular complexity index is 907. The van der Waals surface area contributed by atoms with Gasteiger partial charge in [0.15, 0.2) is 5.82 Å². The predicted octanol–water partition coefficient (Wildman–Crippen LogP) is 3.94. The SMILES string of the molecule is COc1cccc(CCNc2cnnc(Nc3ccc(OC)c(Cl)c3)n2)c1. The second-order valence-corrected chi connectivity index (χ2v) is 6.08. The van der Waals surface area contributed by atoms with E-state index >= 15 is 0 Å². The highest BCUT2D eigenvalue weighted by Gasteiger charge is 2.05. The number of nitrogens with zero attached hydrogens (tertiary/aromatic N) is 3. The third-order valence-corrected chi connectivity index (χ3v) is 4.12. The number of hydrogen-bond acceptors (Lipinski definition) is 7. The smallest absolute Gasteiger partial charge is 0.249 e. The van der Waals surface area contributed by atoms with Gasteiger partial charge in [-0.2, -0.15) is 10.1 Å². The van der Waals surface area contributed by atoms with Gasteiger partial charge in [0.25, 0.3) is 0 Å². The van der Waals surface area contributed by atoms with E-state index in [1.807, 2.05) is 24.3 Å². The average Bonchev–Trinajstić information content (AvgIpc) is 2.69. The molecule has 0 aliphatic carbocycles. The Morgan fingerprint density at radius 2 is 1.96 bits per heavy atom. The van der Waals surface area contributed by atoms with E-state index in [9.17, 15) is 0 Å². The monoisotopic (exact) mass is 385 g/mol. The van der Waals surface area contributed by atoms with Crippen LogP contribution in [0.5, 0.6) is 11.5 Å². The van der Waals surface area contributed by atoms with Crippen molar-refractivity contribution >= 4 is 29.1 Å². The first-order valence-corrected chi connectivity index (χ1v) is 8.73. The first-order valence-electron chi connectivity index (χ1n) is 8.35. The third-order valence-electron chi connectivity index (χ3n) is 3.82. The molecule has 0 radical (unpaired) electrons. The number of rotatable bonds is 8. The number of ether oxygens (including phenoxy) is 2. The van der Waals surface area contributed by atoms with E-state index in [4.69, 9.17) is 21.1 Å². The number of aromatic nitrogens is 3. The molecule has 2 aromatic carbocycles. The molecule has 0 bridgehead atoms. The number of hydrogen-bond donors (Lipinski definition) is 2. The lowest BCUT2D eigenvalue weighted by molar-refractivity contribution is 0.414. The maximum Gasteiger partial charge on any atom is 0.249 e. The molecule has 0 aliphatic rings. The van der Waals surface area contributed by atoms with Crippen LogP contribution < -0.4 is 20.1 Å². The topological polar surface area (TPSA) is 81.2 Å². The highest BCUT2D eigenvalue weighted by Crippen LogP contribution is 2.28. The molecule has 0 saturated carbocycles. The fourth-order valence-electron chi connectivity index (χ4n) is 2.48. The molecule has 0 aliphatic heterocycles. The molecule has 1 aromatic heterocycles. The number of anilines is 3. The van der Waals surface area contributed by atoms with Crippen molar-refractivity contribution < 1.29 is 9.47 Å². The molecule has 3 aromatic rings. The van der Waals surface area contributed by atoms with Crippen LogP contribution in [-0.4, -0.2) is 35.9 Å². The molecule has 27 heavy (non-hydrogen) atoms. The van der Waals surface area contributed by atoms with E-state index in [0.29, 0.717) is 29.1 Å². The average molecular weight is 386 g/mol. The maximum absolute atomic E-state index is 6.13. The first-order chi connectivity index (χ1) is 13.2. The molecular formula is C19H20ClN5O2. The zero-order valence-corrected chi connectivity index (χ0v) is 15.8. The summed E-state index contributed by atoms with van der Waals surface area (Å²) in [4.78, 5) is 4.41. The van der Waals surface area contributed by atoms with Crippen LogP contribution in [0, 0.1) is 0 Å². The number of nitrogens with one attached hydrogen (secondary N) is 2. The fraction of sp³-hybridized carbons (Fsp3) is 0.211. The van der Waals surface area contributed by atoms with Gasteiger partial charge in [-0.1, -0.05) is 23.7 Å². The number of halogens is 1. The molecule has 2 N–H and O–H groups in total. The molecule has 0 atom stereocenters. The van der Waals surface area contributed by atoms with Gasteiger partial charge in [0.05, 0.1) is 25.4 Å². The third kappa shape index (κ3) is 5.21. The van der Waals surface area contributed by atoms with Gasteiger partial charge in [-0.25, -0.2) is 0 Å². The van der Waals surface area contributed by atoms with Crippen molar-refractivity contribution in [3.05, 3.63) is 59.2 Å². The van der Waals surface area contributed by atoms with E-state index in [2.05, 4.69) is 31.9 Å². The Balaban J connectivity index is 1.59. The molecule has 0 fully saturated rings. The Kier molecular flexibility index (Phi) is 6.27. The van der Waals surface area contributed by atoms with Gasteiger partial charge < -0.3 is 20.1 Å². The molecule has 0 saturated heterocycles. The van der Waals surface area contributed by atoms with Gasteiger partial charge in [0.1, 0.15) is 11.5 Å². The van der Waals surface area contributed by atoms with E-state index in [1.54, 1.807) is 32.5 Å². The summed E-state index contributed by atoms with van der Waals surface area (Å²) >= 11 is 6.13. The number of methoxy groups -OCH3 is 2. The lowest BCUT2D eigenvalue weighted by Gasteiger charge is -2.09. The fourth-order valence-corrected chi connectivity index (χ4v) is 2.74. The van der Waals surface area contributed by atoms with Crippen LogP contribution in [0.25, 0.3) is 0 Å². The molecule has 0 unspecified atom stereocenters. The Labute approximate surface area is 162 Å². The minimum Gasteiger partial charge on any atom is -0.497 e. The lowest BCUT2D eigenvalue weighted by Crippen LogP contribution is -2.09. The summed E-state index contributed by atoms with van der Waals surface area (Å²) < 4.78 is 10.4. The Hall–Kier alpha value is -3.06. The molecule has 0 amide bonds. The zero-order chi connectivity index (χ0) is 19.1. The summed E-state index contributed by atoms with van der Waals surface area (Å²) in [5, 5.41) is 14.8. The molecule has 3 rings (SSSR count). The van der Waals surface area contributed by atoms with E-state index in [0.717, 1.165) is 17.9 Å². The van der Waals surface area contributed by atoms with Gasteiger partial charge in [-0.15, -0.1) is 5.10 Å². The van der Waals surface area contributed by atoms with Crippen LogP contribution in [0.1, 0.15) is 5.56 Å². The van der Waals surface area contributed by atoms with Gasteiger partial charge in [0, 0.05) is 12.2 Å². The quantitative estimate of drug-likeness (QED) is 0.607. The first kappa shape index (κ1) is 18.7. The van der Waals surface area contributed by atoms with Crippen LogP contribution in [0.4, 0.5) is 17.5 Å². The second kappa shape index (κ2) is 9.05. The second-order valence-electron chi connectivity index (χ2n) is 5.67. The minimum absolute atomic E-state index is 0.377. The van der Waals surface area contributed by atoms with Crippen LogP contribution in [0.3, 0.4) is 0 Å². The standard InChI is InChI=1S/C19H20ClN5O2/c1-26-15-5-3-4-13(10-15)8-9-21-18-12-22-25-19(24-18)23-14-6-7-17(27-2)16(20)11-14/h3-7,10-12H,8-9H2,1-2H3,(H2,21,23,24,25). The zero-order valence-electron chi connectivity index (χ0n) is 15.1.